The van der Waals surface area contributed by atoms with Crippen molar-refractivity contribution in [1.29, 1.82) is 0 Å². The van der Waals surface area contributed by atoms with E-state index in [2.05, 4.69) is 14.9 Å². The molecule has 0 N–H and O–H groups in total. The summed E-state index contributed by atoms with van der Waals surface area (Å²) >= 11 is 5.87. The van der Waals surface area contributed by atoms with Gasteiger partial charge in [0.15, 0.2) is 0 Å². The second kappa shape index (κ2) is 10.0. The van der Waals surface area contributed by atoms with Gasteiger partial charge in [-0.1, -0.05) is 11.6 Å². The van der Waals surface area contributed by atoms with E-state index in [1.165, 1.54) is 18.6 Å². The lowest BCUT2D eigenvalue weighted by Crippen LogP contribution is -2.43. The summed E-state index contributed by atoms with van der Waals surface area (Å²) in [5.74, 6) is 1.24. The molecule has 34 heavy (non-hydrogen) atoms. The number of hydrogen-bond acceptors (Lipinski definition) is 5. The highest BCUT2D eigenvalue weighted by atomic mass is 35.5. The van der Waals surface area contributed by atoms with Gasteiger partial charge in [-0.05, 0) is 49.9 Å². The highest BCUT2D eigenvalue weighted by Gasteiger charge is 2.43. The molecule has 3 fully saturated rings. The molecule has 0 unspecified atom stereocenters. The quantitative estimate of drug-likeness (QED) is 0.545. The Kier molecular flexibility index (Phi) is 6.86. The zero-order valence-corrected chi connectivity index (χ0v) is 19.8. The SMILES string of the molecule is O=C(Cc1c(F)cc(OCC[C@@H]2C[C@@H]2C2CCN(c3ncc(Cl)cn3)CC2)cc1F)N1CCC1. The van der Waals surface area contributed by atoms with Gasteiger partial charge in [-0.15, -0.1) is 0 Å². The van der Waals surface area contributed by atoms with Crippen LogP contribution in [-0.2, 0) is 11.2 Å². The first-order chi connectivity index (χ1) is 16.5. The lowest BCUT2D eigenvalue weighted by atomic mass is 9.90. The van der Waals surface area contributed by atoms with Crippen LogP contribution in [0.3, 0.4) is 0 Å². The molecule has 6 nitrogen and oxygen atoms in total. The Labute approximate surface area is 203 Å². The van der Waals surface area contributed by atoms with Crippen LogP contribution in [0.15, 0.2) is 24.5 Å². The summed E-state index contributed by atoms with van der Waals surface area (Å²) in [4.78, 5) is 24.5. The number of halogens is 3. The largest absolute Gasteiger partial charge is 0.493 e. The molecule has 182 valence electrons. The first-order valence-electron chi connectivity index (χ1n) is 12.1. The Bertz CT molecular complexity index is 1000. The van der Waals surface area contributed by atoms with E-state index in [-0.39, 0.29) is 23.6 Å². The molecule has 2 atom stereocenters. The molecule has 3 heterocycles. The molecule has 2 saturated heterocycles. The van der Waals surface area contributed by atoms with Gasteiger partial charge in [-0.25, -0.2) is 18.7 Å². The standard InChI is InChI=1S/C25H29ClF2N4O2/c26-18-14-29-25(30-15-18)32-7-2-16(3-8-32)20-10-17(20)4-9-34-19-11-22(27)21(23(28)12-19)13-24(33)31-5-1-6-31/h11-12,14-17,20H,1-10,13H2/t17-,20-/m1/s1. The molecule has 1 aromatic heterocycles. The third-order valence-electron chi connectivity index (χ3n) is 7.42. The molecule has 1 aromatic carbocycles. The number of benzene rings is 1. The van der Waals surface area contributed by atoms with Crippen molar-refractivity contribution < 1.29 is 18.3 Å². The predicted molar refractivity (Wildman–Crippen MR) is 125 cm³/mol. The highest BCUT2D eigenvalue weighted by Crippen LogP contribution is 2.49. The van der Waals surface area contributed by atoms with Gasteiger partial charge in [-0.3, -0.25) is 4.79 Å². The van der Waals surface area contributed by atoms with Crippen LogP contribution in [0.4, 0.5) is 14.7 Å². The van der Waals surface area contributed by atoms with E-state index in [0.29, 0.717) is 42.5 Å². The number of piperidine rings is 1. The minimum atomic E-state index is -0.718. The van der Waals surface area contributed by atoms with Gasteiger partial charge in [0.1, 0.15) is 17.4 Å². The average Bonchev–Trinajstić information content (AvgIpc) is 3.55. The number of amides is 1. The Hall–Kier alpha value is -2.48. The summed E-state index contributed by atoms with van der Waals surface area (Å²) in [5, 5.41) is 0.542. The van der Waals surface area contributed by atoms with E-state index in [1.54, 1.807) is 17.3 Å². The van der Waals surface area contributed by atoms with Crippen LogP contribution in [0.5, 0.6) is 5.75 Å². The van der Waals surface area contributed by atoms with Crippen LogP contribution in [-0.4, -0.2) is 53.6 Å². The van der Waals surface area contributed by atoms with E-state index in [4.69, 9.17) is 16.3 Å². The first kappa shape index (κ1) is 23.3. The highest BCUT2D eigenvalue weighted by molar-refractivity contribution is 6.30. The van der Waals surface area contributed by atoms with Crippen molar-refractivity contribution in [3.05, 3.63) is 46.7 Å². The van der Waals surface area contributed by atoms with Crippen LogP contribution in [0, 0.1) is 29.4 Å². The Morgan fingerprint density at radius 3 is 2.38 bits per heavy atom. The number of rotatable bonds is 8. The zero-order chi connectivity index (χ0) is 23.7. The van der Waals surface area contributed by atoms with Crippen molar-refractivity contribution in [3.8, 4) is 5.75 Å². The van der Waals surface area contributed by atoms with Crippen LogP contribution in [0.2, 0.25) is 5.02 Å². The van der Waals surface area contributed by atoms with Gasteiger partial charge in [0.25, 0.3) is 0 Å². The normalized spacial score (nSPS) is 22.4. The number of ether oxygens (including phenoxy) is 1. The summed E-state index contributed by atoms with van der Waals surface area (Å²) in [6.07, 6.45) is 8.25. The van der Waals surface area contributed by atoms with E-state index in [0.717, 1.165) is 44.7 Å². The lowest BCUT2D eigenvalue weighted by molar-refractivity contribution is -0.133. The van der Waals surface area contributed by atoms with E-state index < -0.39 is 11.6 Å². The predicted octanol–water partition coefficient (Wildman–Crippen LogP) is 4.50. The van der Waals surface area contributed by atoms with Gasteiger partial charge < -0.3 is 14.5 Å². The number of nitrogens with zero attached hydrogens (tertiary/aromatic N) is 4. The number of carbonyl (C=O) groups is 1. The van der Waals surface area contributed by atoms with Crippen molar-refractivity contribution in [2.75, 3.05) is 37.7 Å². The van der Waals surface area contributed by atoms with Gasteiger partial charge in [0, 0.05) is 43.9 Å². The number of carbonyl (C=O) groups excluding carboxylic acids is 1. The maximum absolute atomic E-state index is 14.4. The third-order valence-corrected chi connectivity index (χ3v) is 7.62. The minimum Gasteiger partial charge on any atom is -0.493 e. The van der Waals surface area contributed by atoms with Crippen molar-refractivity contribution in [2.24, 2.45) is 17.8 Å². The van der Waals surface area contributed by atoms with E-state index >= 15 is 0 Å². The third kappa shape index (κ3) is 5.27. The number of hydrogen-bond donors (Lipinski definition) is 0. The number of anilines is 1. The van der Waals surface area contributed by atoms with Crippen molar-refractivity contribution in [3.63, 3.8) is 0 Å². The fraction of sp³-hybridized carbons (Fsp3) is 0.560. The monoisotopic (exact) mass is 490 g/mol. The maximum atomic E-state index is 14.4. The fourth-order valence-electron chi connectivity index (χ4n) is 5.17. The molecule has 1 amide bonds. The number of likely N-dealkylation sites (tertiary alicyclic amines) is 1. The number of aromatic nitrogens is 2. The molecular weight excluding hydrogens is 462 g/mol. The summed E-state index contributed by atoms with van der Waals surface area (Å²) in [7, 11) is 0. The molecule has 3 aliphatic rings. The van der Waals surface area contributed by atoms with E-state index in [9.17, 15) is 13.6 Å². The summed E-state index contributed by atoms with van der Waals surface area (Å²) < 4.78 is 34.5. The van der Waals surface area contributed by atoms with Crippen LogP contribution in [0.25, 0.3) is 0 Å². The lowest BCUT2D eigenvalue weighted by Gasteiger charge is -2.32. The molecule has 0 radical (unpaired) electrons. The van der Waals surface area contributed by atoms with Gasteiger partial charge >= 0.3 is 0 Å². The Morgan fingerprint density at radius 1 is 1.09 bits per heavy atom. The zero-order valence-electron chi connectivity index (χ0n) is 19.1. The molecule has 9 heteroatoms. The van der Waals surface area contributed by atoms with Gasteiger partial charge in [0.2, 0.25) is 11.9 Å². The minimum absolute atomic E-state index is 0.179. The summed E-state index contributed by atoms with van der Waals surface area (Å²) in [6.45, 7) is 3.65. The summed E-state index contributed by atoms with van der Waals surface area (Å²) in [5.41, 5.74) is -0.179. The summed E-state index contributed by atoms with van der Waals surface area (Å²) in [6, 6.07) is 2.39. The topological polar surface area (TPSA) is 58.6 Å². The Morgan fingerprint density at radius 2 is 1.76 bits per heavy atom. The molecule has 1 aliphatic carbocycles. The molecule has 5 rings (SSSR count). The molecule has 2 aliphatic heterocycles. The van der Waals surface area contributed by atoms with Crippen molar-refractivity contribution in [1.82, 2.24) is 14.9 Å². The fourth-order valence-corrected chi connectivity index (χ4v) is 5.26. The molecule has 1 saturated carbocycles. The second-order valence-corrected chi connectivity index (χ2v) is 10.0. The van der Waals surface area contributed by atoms with E-state index in [1.807, 2.05) is 0 Å². The van der Waals surface area contributed by atoms with Crippen LogP contribution < -0.4 is 9.64 Å². The smallest absolute Gasteiger partial charge is 0.227 e. The van der Waals surface area contributed by atoms with Crippen molar-refractivity contribution >= 4 is 23.5 Å². The van der Waals surface area contributed by atoms with Crippen LogP contribution >= 0.6 is 11.6 Å². The van der Waals surface area contributed by atoms with Crippen LogP contribution in [0.1, 0.15) is 37.7 Å². The average molecular weight is 491 g/mol. The second-order valence-electron chi connectivity index (χ2n) is 9.60. The first-order valence-corrected chi connectivity index (χ1v) is 12.5. The van der Waals surface area contributed by atoms with Gasteiger partial charge in [0.05, 0.1) is 30.4 Å². The van der Waals surface area contributed by atoms with Crippen molar-refractivity contribution in [2.45, 2.75) is 38.5 Å². The van der Waals surface area contributed by atoms with Gasteiger partial charge in [-0.2, -0.15) is 0 Å². The molecule has 0 spiro atoms. The Balaban J connectivity index is 1.05. The molecular formula is C25H29ClF2N4O2. The molecule has 0 bridgehead atoms. The molecule has 2 aromatic rings. The maximum Gasteiger partial charge on any atom is 0.227 e.